The zero-order valence-corrected chi connectivity index (χ0v) is 9.97. The first kappa shape index (κ1) is 11.7. The fourth-order valence-electron chi connectivity index (χ4n) is 2.39. The van der Waals surface area contributed by atoms with Gasteiger partial charge in [-0.05, 0) is 38.6 Å². The first-order chi connectivity index (χ1) is 6.41. The molecule has 0 radical (unpaired) electrons. The lowest BCUT2D eigenvalue weighted by molar-refractivity contribution is -0.118. The van der Waals surface area contributed by atoms with Crippen LogP contribution in [-0.4, -0.2) is 29.8 Å². The van der Waals surface area contributed by atoms with E-state index in [0.717, 1.165) is 13.1 Å². The van der Waals surface area contributed by atoms with Crippen LogP contribution in [-0.2, 0) is 4.79 Å². The third kappa shape index (κ3) is 3.41. The second-order valence-electron chi connectivity index (χ2n) is 5.49. The van der Waals surface area contributed by atoms with E-state index in [4.69, 9.17) is 0 Å². The average Bonchev–Trinajstić information content (AvgIpc) is 2.01. The first-order valence-electron chi connectivity index (χ1n) is 5.64. The van der Waals surface area contributed by atoms with Crippen molar-refractivity contribution in [2.75, 3.05) is 13.1 Å². The van der Waals surface area contributed by atoms with Crippen molar-refractivity contribution in [3.8, 4) is 0 Å². The van der Waals surface area contributed by atoms with Gasteiger partial charge in [0.2, 0.25) is 0 Å². The highest BCUT2D eigenvalue weighted by Gasteiger charge is 2.28. The summed E-state index contributed by atoms with van der Waals surface area (Å²) < 4.78 is 0. The molecule has 82 valence electrons. The quantitative estimate of drug-likeness (QED) is 0.692. The van der Waals surface area contributed by atoms with Crippen LogP contribution in [0.25, 0.3) is 0 Å². The summed E-state index contributed by atoms with van der Waals surface area (Å²) in [5.41, 5.74) is 0.434. The number of likely N-dealkylation sites (tertiary alicyclic amines) is 1. The summed E-state index contributed by atoms with van der Waals surface area (Å²) >= 11 is 0. The van der Waals surface area contributed by atoms with Crippen LogP contribution in [0.4, 0.5) is 0 Å². The highest BCUT2D eigenvalue weighted by atomic mass is 16.1. The number of hydrogen-bond acceptors (Lipinski definition) is 2. The normalized spacial score (nSPS) is 24.6. The van der Waals surface area contributed by atoms with Crippen molar-refractivity contribution in [3.63, 3.8) is 0 Å². The van der Waals surface area contributed by atoms with E-state index in [2.05, 4.69) is 25.7 Å². The lowest BCUT2D eigenvalue weighted by Crippen LogP contribution is -2.45. The van der Waals surface area contributed by atoms with Gasteiger partial charge in [-0.1, -0.05) is 13.8 Å². The largest absolute Gasteiger partial charge is 0.300 e. The van der Waals surface area contributed by atoms with E-state index in [-0.39, 0.29) is 0 Å². The summed E-state index contributed by atoms with van der Waals surface area (Å²) in [7, 11) is 0. The minimum absolute atomic E-state index is 0.306. The second kappa shape index (κ2) is 4.43. The van der Waals surface area contributed by atoms with E-state index in [1.165, 1.54) is 12.8 Å². The van der Waals surface area contributed by atoms with Crippen LogP contribution in [0.15, 0.2) is 0 Å². The maximum atomic E-state index is 11.0. The maximum Gasteiger partial charge on any atom is 0.131 e. The molecule has 2 heteroatoms. The Labute approximate surface area is 87.7 Å². The zero-order valence-electron chi connectivity index (χ0n) is 9.97. The van der Waals surface area contributed by atoms with Gasteiger partial charge in [0, 0.05) is 19.0 Å². The molecule has 0 aromatic rings. The Morgan fingerprint density at radius 2 is 2.14 bits per heavy atom. The number of carbonyl (C=O) groups excluding carboxylic acids is 1. The van der Waals surface area contributed by atoms with Gasteiger partial charge in [-0.15, -0.1) is 0 Å². The Hall–Kier alpha value is -0.370. The molecule has 0 spiro atoms. The van der Waals surface area contributed by atoms with Gasteiger partial charge in [0.15, 0.2) is 0 Å². The minimum Gasteiger partial charge on any atom is -0.300 e. The molecule has 0 aromatic carbocycles. The van der Waals surface area contributed by atoms with Gasteiger partial charge in [-0.2, -0.15) is 0 Å². The van der Waals surface area contributed by atoms with Gasteiger partial charge in [-0.3, -0.25) is 9.69 Å². The summed E-state index contributed by atoms with van der Waals surface area (Å²) in [6.07, 6.45) is 3.29. The number of nitrogens with zero attached hydrogens (tertiary/aromatic N) is 1. The molecule has 1 rings (SSSR count). The van der Waals surface area contributed by atoms with Crippen LogP contribution >= 0.6 is 0 Å². The monoisotopic (exact) mass is 197 g/mol. The van der Waals surface area contributed by atoms with Crippen LogP contribution in [0.2, 0.25) is 0 Å². The average molecular weight is 197 g/mol. The Balaban J connectivity index is 2.47. The SMILES string of the molecule is CC(=O)CC(C)N1CCCC(C)(C)C1. The molecular weight excluding hydrogens is 174 g/mol. The number of carbonyl (C=O) groups is 1. The molecule has 0 aromatic heterocycles. The van der Waals surface area contributed by atoms with Crippen LogP contribution in [0, 0.1) is 5.41 Å². The predicted octanol–water partition coefficient (Wildman–Crippen LogP) is 2.48. The summed E-state index contributed by atoms with van der Waals surface area (Å²) in [4.78, 5) is 13.5. The minimum atomic E-state index is 0.306. The molecule has 1 atom stereocenters. The first-order valence-corrected chi connectivity index (χ1v) is 5.64. The lowest BCUT2D eigenvalue weighted by Gasteiger charge is -2.41. The molecule has 1 fully saturated rings. The summed E-state index contributed by atoms with van der Waals surface area (Å²) in [5, 5.41) is 0. The Bertz CT molecular complexity index is 210. The molecule has 1 unspecified atom stereocenters. The topological polar surface area (TPSA) is 20.3 Å². The van der Waals surface area contributed by atoms with Crippen molar-refractivity contribution in [2.24, 2.45) is 5.41 Å². The standard InChI is InChI=1S/C12H23NO/c1-10(8-11(2)14)13-7-5-6-12(3,4)9-13/h10H,5-9H2,1-4H3. The summed E-state index contributed by atoms with van der Waals surface area (Å²) in [6, 6.07) is 0.423. The van der Waals surface area contributed by atoms with E-state index >= 15 is 0 Å². The van der Waals surface area contributed by atoms with Crippen LogP contribution < -0.4 is 0 Å². The molecule has 0 bridgehead atoms. The maximum absolute atomic E-state index is 11.0. The zero-order chi connectivity index (χ0) is 10.8. The van der Waals surface area contributed by atoms with Gasteiger partial charge in [0.1, 0.15) is 5.78 Å². The van der Waals surface area contributed by atoms with Crippen molar-refractivity contribution in [1.29, 1.82) is 0 Å². The molecule has 1 aliphatic rings. The van der Waals surface area contributed by atoms with E-state index < -0.39 is 0 Å². The number of hydrogen-bond donors (Lipinski definition) is 0. The van der Waals surface area contributed by atoms with Gasteiger partial charge in [0.25, 0.3) is 0 Å². The van der Waals surface area contributed by atoms with Crippen molar-refractivity contribution >= 4 is 5.78 Å². The van der Waals surface area contributed by atoms with Crippen LogP contribution in [0.3, 0.4) is 0 Å². The smallest absolute Gasteiger partial charge is 0.131 e. The number of ketones is 1. The van der Waals surface area contributed by atoms with Crippen molar-refractivity contribution in [1.82, 2.24) is 4.90 Å². The Morgan fingerprint density at radius 1 is 1.50 bits per heavy atom. The van der Waals surface area contributed by atoms with E-state index in [9.17, 15) is 4.79 Å². The van der Waals surface area contributed by atoms with Crippen molar-refractivity contribution in [2.45, 2.75) is 53.0 Å². The van der Waals surface area contributed by atoms with Crippen molar-refractivity contribution in [3.05, 3.63) is 0 Å². The molecule has 14 heavy (non-hydrogen) atoms. The summed E-state index contributed by atoms with van der Waals surface area (Å²) in [6.45, 7) is 10.8. The molecule has 0 amide bonds. The third-order valence-corrected chi connectivity index (χ3v) is 3.14. The van der Waals surface area contributed by atoms with E-state index in [1.807, 2.05) is 0 Å². The lowest BCUT2D eigenvalue weighted by atomic mass is 9.83. The fraction of sp³-hybridized carbons (Fsp3) is 0.917. The van der Waals surface area contributed by atoms with Gasteiger partial charge in [0.05, 0.1) is 0 Å². The molecule has 1 heterocycles. The number of rotatable bonds is 3. The second-order valence-corrected chi connectivity index (χ2v) is 5.49. The molecule has 1 aliphatic heterocycles. The molecule has 0 saturated carbocycles. The van der Waals surface area contributed by atoms with Crippen LogP contribution in [0.1, 0.15) is 47.0 Å². The van der Waals surface area contributed by atoms with E-state index in [1.54, 1.807) is 6.92 Å². The molecule has 2 nitrogen and oxygen atoms in total. The fourth-order valence-corrected chi connectivity index (χ4v) is 2.39. The Morgan fingerprint density at radius 3 is 2.64 bits per heavy atom. The Kier molecular flexibility index (Phi) is 3.71. The summed E-state index contributed by atoms with van der Waals surface area (Å²) in [5.74, 6) is 0.306. The van der Waals surface area contributed by atoms with E-state index in [0.29, 0.717) is 23.7 Å². The molecular formula is C12H23NO. The van der Waals surface area contributed by atoms with Crippen LogP contribution in [0.5, 0.6) is 0 Å². The third-order valence-electron chi connectivity index (χ3n) is 3.14. The number of Topliss-reactive ketones (excluding diaryl/α,β-unsaturated/α-hetero) is 1. The van der Waals surface area contributed by atoms with Gasteiger partial charge < -0.3 is 0 Å². The molecule has 0 aliphatic carbocycles. The predicted molar refractivity (Wildman–Crippen MR) is 59.3 cm³/mol. The van der Waals surface area contributed by atoms with Crippen molar-refractivity contribution < 1.29 is 4.79 Å². The highest BCUT2D eigenvalue weighted by Crippen LogP contribution is 2.29. The molecule has 1 saturated heterocycles. The van der Waals surface area contributed by atoms with Gasteiger partial charge >= 0.3 is 0 Å². The highest BCUT2D eigenvalue weighted by molar-refractivity contribution is 5.76. The number of piperidine rings is 1. The van der Waals surface area contributed by atoms with Gasteiger partial charge in [-0.25, -0.2) is 0 Å². The molecule has 0 N–H and O–H groups in total.